The Labute approximate surface area is 106 Å². The Morgan fingerprint density at radius 1 is 1.44 bits per heavy atom. The van der Waals surface area contributed by atoms with Crippen molar-refractivity contribution in [3.8, 4) is 5.75 Å². The zero-order chi connectivity index (χ0) is 13.7. The number of hydrogen-bond acceptors (Lipinski definition) is 3. The fourth-order valence-electron chi connectivity index (χ4n) is 1.26. The second-order valence-electron chi connectivity index (χ2n) is 3.17. The third-order valence-electron chi connectivity index (χ3n) is 2.00. The minimum absolute atomic E-state index is 0.00124. The summed E-state index contributed by atoms with van der Waals surface area (Å²) in [5.41, 5.74) is -0.282. The Bertz CT molecular complexity index is 438. The highest BCUT2D eigenvalue weighted by Crippen LogP contribution is 2.26. The van der Waals surface area contributed by atoms with Gasteiger partial charge in [-0.25, -0.2) is 9.18 Å². The molecule has 1 aromatic rings. The van der Waals surface area contributed by atoms with Crippen molar-refractivity contribution < 1.29 is 27.4 Å². The minimum Gasteiger partial charge on any atom is -0.462 e. The summed E-state index contributed by atoms with van der Waals surface area (Å²) in [6.07, 6.45) is 0. The largest absolute Gasteiger partial charge is 0.462 e. The molecule has 0 aliphatic heterocycles. The first kappa shape index (κ1) is 14.6. The van der Waals surface area contributed by atoms with Gasteiger partial charge in [-0.1, -0.05) is 0 Å². The van der Waals surface area contributed by atoms with Gasteiger partial charge in [0, 0.05) is 11.6 Å². The summed E-state index contributed by atoms with van der Waals surface area (Å²) in [6.45, 7) is -1.56. The number of carbonyl (C=O) groups is 1. The van der Waals surface area contributed by atoms with E-state index in [1.54, 1.807) is 6.92 Å². The van der Waals surface area contributed by atoms with Gasteiger partial charge in [-0.2, -0.15) is 8.78 Å². The fourth-order valence-corrected chi connectivity index (χ4v) is 1.47. The van der Waals surface area contributed by atoms with E-state index < -0.39 is 24.1 Å². The summed E-state index contributed by atoms with van der Waals surface area (Å²) in [4.78, 5) is 11.5. The van der Waals surface area contributed by atoms with Gasteiger partial charge >= 0.3 is 12.6 Å². The predicted molar refractivity (Wildman–Crippen MR) is 58.5 cm³/mol. The number of halogens is 4. The van der Waals surface area contributed by atoms with Gasteiger partial charge in [0.05, 0.1) is 12.5 Å². The van der Waals surface area contributed by atoms with Gasteiger partial charge in [0.25, 0.3) is 0 Å². The third kappa shape index (κ3) is 3.53. The maximum atomic E-state index is 13.4. The smallest absolute Gasteiger partial charge is 0.387 e. The topological polar surface area (TPSA) is 35.5 Å². The molecule has 0 saturated carbocycles. The average molecular weight is 283 g/mol. The van der Waals surface area contributed by atoms with Crippen LogP contribution in [-0.2, 0) is 10.6 Å². The van der Waals surface area contributed by atoms with Gasteiger partial charge in [0.2, 0.25) is 0 Å². The van der Waals surface area contributed by atoms with E-state index in [1.165, 1.54) is 0 Å². The molecular weight excluding hydrogens is 273 g/mol. The molecule has 0 fully saturated rings. The lowest BCUT2D eigenvalue weighted by Gasteiger charge is -2.11. The van der Waals surface area contributed by atoms with Crippen molar-refractivity contribution in [2.75, 3.05) is 6.61 Å². The zero-order valence-corrected chi connectivity index (χ0v) is 10.1. The quantitative estimate of drug-likeness (QED) is 0.614. The maximum absolute atomic E-state index is 13.4. The molecule has 0 heterocycles. The molecule has 1 aromatic carbocycles. The van der Waals surface area contributed by atoms with Gasteiger partial charge in [0.1, 0.15) is 17.1 Å². The minimum atomic E-state index is -3.17. The van der Waals surface area contributed by atoms with Gasteiger partial charge in [0.15, 0.2) is 0 Å². The lowest BCUT2D eigenvalue weighted by atomic mass is 10.1. The number of rotatable bonds is 5. The third-order valence-corrected chi connectivity index (χ3v) is 2.29. The molecule has 0 aromatic heterocycles. The molecule has 7 heteroatoms. The first-order chi connectivity index (χ1) is 8.49. The van der Waals surface area contributed by atoms with Crippen LogP contribution in [0.5, 0.6) is 5.75 Å². The Morgan fingerprint density at radius 3 is 2.61 bits per heavy atom. The van der Waals surface area contributed by atoms with Crippen LogP contribution in [0.3, 0.4) is 0 Å². The Hall–Kier alpha value is -1.43. The molecule has 0 aliphatic carbocycles. The van der Waals surface area contributed by atoms with Crippen LogP contribution in [0.25, 0.3) is 0 Å². The van der Waals surface area contributed by atoms with E-state index >= 15 is 0 Å². The van der Waals surface area contributed by atoms with E-state index in [0.717, 1.165) is 6.07 Å². The van der Waals surface area contributed by atoms with Crippen molar-refractivity contribution in [3.05, 3.63) is 29.1 Å². The van der Waals surface area contributed by atoms with Crippen LogP contribution >= 0.6 is 11.6 Å². The highest BCUT2D eigenvalue weighted by Gasteiger charge is 2.20. The molecule has 0 atom stereocenters. The maximum Gasteiger partial charge on any atom is 0.387 e. The standard InChI is InChI=1S/C11H10ClF3O3/c1-2-17-10(16)7-3-6(5-12)8(13)4-9(7)18-11(14)15/h3-4,11H,2,5H2,1H3. The Morgan fingerprint density at radius 2 is 2.11 bits per heavy atom. The summed E-state index contributed by atoms with van der Waals surface area (Å²) >= 11 is 5.46. The summed E-state index contributed by atoms with van der Waals surface area (Å²) in [5, 5.41) is 0. The van der Waals surface area contributed by atoms with Crippen LogP contribution in [-0.4, -0.2) is 19.2 Å². The second-order valence-corrected chi connectivity index (χ2v) is 3.44. The average Bonchev–Trinajstić information content (AvgIpc) is 2.28. The van der Waals surface area contributed by atoms with Crippen molar-refractivity contribution in [2.45, 2.75) is 19.4 Å². The first-order valence-corrected chi connectivity index (χ1v) is 5.53. The summed E-state index contributed by atoms with van der Waals surface area (Å²) in [7, 11) is 0. The van der Waals surface area contributed by atoms with Crippen molar-refractivity contribution in [1.29, 1.82) is 0 Å². The van der Waals surface area contributed by atoms with Crippen molar-refractivity contribution in [1.82, 2.24) is 0 Å². The van der Waals surface area contributed by atoms with E-state index in [0.29, 0.717) is 6.07 Å². The molecule has 3 nitrogen and oxygen atoms in total. The molecule has 0 N–H and O–H groups in total. The van der Waals surface area contributed by atoms with Crippen molar-refractivity contribution >= 4 is 17.6 Å². The molecule has 18 heavy (non-hydrogen) atoms. The monoisotopic (exact) mass is 282 g/mol. The van der Waals surface area contributed by atoms with Crippen LogP contribution < -0.4 is 4.74 Å². The number of hydrogen-bond donors (Lipinski definition) is 0. The highest BCUT2D eigenvalue weighted by atomic mass is 35.5. The Kier molecular flexibility index (Phi) is 5.27. The van der Waals surface area contributed by atoms with E-state index in [-0.39, 0.29) is 23.6 Å². The molecule has 0 aliphatic rings. The van der Waals surface area contributed by atoms with Crippen LogP contribution in [0.4, 0.5) is 13.2 Å². The molecule has 100 valence electrons. The normalized spacial score (nSPS) is 10.6. The van der Waals surface area contributed by atoms with Gasteiger partial charge < -0.3 is 9.47 Å². The number of ether oxygens (including phenoxy) is 2. The lowest BCUT2D eigenvalue weighted by molar-refractivity contribution is -0.0506. The summed E-state index contributed by atoms with van der Waals surface area (Å²) in [6, 6.07) is 1.73. The molecule has 1 rings (SSSR count). The molecule has 0 saturated heterocycles. The van der Waals surface area contributed by atoms with Gasteiger partial charge in [-0.15, -0.1) is 11.6 Å². The number of carbonyl (C=O) groups excluding carboxylic acids is 1. The van der Waals surface area contributed by atoms with E-state index in [2.05, 4.69) is 9.47 Å². The SMILES string of the molecule is CCOC(=O)c1cc(CCl)c(F)cc1OC(F)F. The molecule has 0 amide bonds. The number of esters is 1. The van der Waals surface area contributed by atoms with Gasteiger partial charge in [-0.3, -0.25) is 0 Å². The lowest BCUT2D eigenvalue weighted by Crippen LogP contribution is -2.12. The Balaban J connectivity index is 3.20. The van der Waals surface area contributed by atoms with Gasteiger partial charge in [-0.05, 0) is 13.0 Å². The number of benzene rings is 1. The molecule has 0 spiro atoms. The number of alkyl halides is 3. The fraction of sp³-hybridized carbons (Fsp3) is 0.364. The van der Waals surface area contributed by atoms with Crippen molar-refractivity contribution in [2.24, 2.45) is 0 Å². The van der Waals surface area contributed by atoms with Crippen LogP contribution in [0.2, 0.25) is 0 Å². The predicted octanol–water partition coefficient (Wildman–Crippen LogP) is 3.34. The van der Waals surface area contributed by atoms with E-state index in [4.69, 9.17) is 11.6 Å². The molecule has 0 unspecified atom stereocenters. The van der Waals surface area contributed by atoms with E-state index in [1.807, 2.05) is 0 Å². The summed E-state index contributed by atoms with van der Waals surface area (Å²) in [5.74, 6) is -2.48. The second kappa shape index (κ2) is 6.49. The first-order valence-electron chi connectivity index (χ1n) is 4.99. The van der Waals surface area contributed by atoms with Crippen LogP contribution in [0.15, 0.2) is 12.1 Å². The molecule has 0 bridgehead atoms. The van der Waals surface area contributed by atoms with Crippen LogP contribution in [0.1, 0.15) is 22.8 Å². The molecular formula is C11H10ClF3O3. The summed E-state index contributed by atoms with van der Waals surface area (Å²) < 4.78 is 46.4. The van der Waals surface area contributed by atoms with Crippen LogP contribution in [0, 0.1) is 5.82 Å². The highest BCUT2D eigenvalue weighted by molar-refractivity contribution is 6.17. The van der Waals surface area contributed by atoms with E-state index in [9.17, 15) is 18.0 Å². The molecule has 0 radical (unpaired) electrons. The zero-order valence-electron chi connectivity index (χ0n) is 9.38. The van der Waals surface area contributed by atoms with Crippen molar-refractivity contribution in [3.63, 3.8) is 0 Å².